The lowest BCUT2D eigenvalue weighted by molar-refractivity contribution is -0.143. The van der Waals surface area contributed by atoms with Gasteiger partial charge < -0.3 is 15.4 Å². The van der Waals surface area contributed by atoms with Crippen molar-refractivity contribution >= 4 is 11.6 Å². The van der Waals surface area contributed by atoms with E-state index in [9.17, 15) is 4.79 Å². The number of rotatable bonds is 1. The first-order valence-electron chi connectivity index (χ1n) is 6.95. The van der Waals surface area contributed by atoms with E-state index in [-0.39, 0.29) is 18.1 Å². The minimum absolute atomic E-state index is 0.123. The maximum atomic E-state index is 12.4. The molecular formula is C15H20N2O2. The number of ether oxygens (including phenoxy) is 1. The standard InChI is InChI=1S/C15H20N2O2/c1-10-5-6-14(19-10)15(18)17-8-7-11-3-2-4-13(16)12(11)9-17/h2-4,10,14H,5-9,16H2,1H3. The summed E-state index contributed by atoms with van der Waals surface area (Å²) in [5, 5.41) is 0. The molecule has 2 unspecified atom stereocenters. The topological polar surface area (TPSA) is 55.6 Å². The third kappa shape index (κ3) is 2.32. The van der Waals surface area contributed by atoms with Crippen LogP contribution in [0.25, 0.3) is 0 Å². The number of hydrogen-bond acceptors (Lipinski definition) is 3. The molecule has 0 aliphatic carbocycles. The second-order valence-electron chi connectivity index (χ2n) is 5.51. The molecule has 4 nitrogen and oxygen atoms in total. The van der Waals surface area contributed by atoms with E-state index < -0.39 is 0 Å². The summed E-state index contributed by atoms with van der Waals surface area (Å²) in [6, 6.07) is 5.98. The predicted molar refractivity (Wildman–Crippen MR) is 73.5 cm³/mol. The summed E-state index contributed by atoms with van der Waals surface area (Å²) in [6.07, 6.45) is 2.66. The van der Waals surface area contributed by atoms with E-state index in [2.05, 4.69) is 6.07 Å². The van der Waals surface area contributed by atoms with Gasteiger partial charge in [0.25, 0.3) is 5.91 Å². The summed E-state index contributed by atoms with van der Waals surface area (Å²) in [5.74, 6) is 0.123. The number of carbonyl (C=O) groups excluding carboxylic acids is 1. The maximum absolute atomic E-state index is 12.4. The van der Waals surface area contributed by atoms with Gasteiger partial charge in [0, 0.05) is 18.8 Å². The van der Waals surface area contributed by atoms with Crippen molar-refractivity contribution in [3.63, 3.8) is 0 Å². The number of carbonyl (C=O) groups is 1. The number of benzene rings is 1. The normalized spacial score (nSPS) is 26.3. The minimum Gasteiger partial charge on any atom is -0.398 e. The maximum Gasteiger partial charge on any atom is 0.252 e. The number of nitrogens with two attached hydrogens (primary N) is 1. The zero-order valence-electron chi connectivity index (χ0n) is 11.3. The Morgan fingerprint density at radius 1 is 1.42 bits per heavy atom. The Labute approximate surface area is 113 Å². The lowest BCUT2D eigenvalue weighted by atomic mass is 9.97. The molecular weight excluding hydrogens is 240 g/mol. The largest absolute Gasteiger partial charge is 0.398 e. The summed E-state index contributed by atoms with van der Waals surface area (Å²) in [5.41, 5.74) is 9.17. The van der Waals surface area contributed by atoms with E-state index >= 15 is 0 Å². The molecule has 3 rings (SSSR count). The summed E-state index contributed by atoms with van der Waals surface area (Å²) < 4.78 is 5.67. The van der Waals surface area contributed by atoms with E-state index in [0.29, 0.717) is 6.54 Å². The molecule has 0 radical (unpaired) electrons. The highest BCUT2D eigenvalue weighted by molar-refractivity contribution is 5.81. The van der Waals surface area contributed by atoms with Crippen molar-refractivity contribution in [2.24, 2.45) is 0 Å². The Morgan fingerprint density at radius 3 is 3.00 bits per heavy atom. The van der Waals surface area contributed by atoms with E-state index in [1.807, 2.05) is 24.0 Å². The van der Waals surface area contributed by atoms with Gasteiger partial charge in [-0.1, -0.05) is 12.1 Å². The number of fused-ring (bicyclic) bond motifs is 1. The molecule has 2 heterocycles. The molecule has 0 saturated carbocycles. The Morgan fingerprint density at radius 2 is 2.26 bits per heavy atom. The SMILES string of the molecule is CC1CCC(C(=O)N2CCc3cccc(N)c3C2)O1. The second kappa shape index (κ2) is 4.85. The highest BCUT2D eigenvalue weighted by Crippen LogP contribution is 2.27. The van der Waals surface area contributed by atoms with Gasteiger partial charge in [-0.15, -0.1) is 0 Å². The minimum atomic E-state index is -0.249. The second-order valence-corrected chi connectivity index (χ2v) is 5.51. The van der Waals surface area contributed by atoms with Crippen molar-refractivity contribution in [3.05, 3.63) is 29.3 Å². The van der Waals surface area contributed by atoms with Gasteiger partial charge in [0.1, 0.15) is 6.10 Å². The van der Waals surface area contributed by atoms with Gasteiger partial charge in [-0.3, -0.25) is 4.79 Å². The van der Waals surface area contributed by atoms with Crippen LogP contribution in [0.3, 0.4) is 0 Å². The van der Waals surface area contributed by atoms with E-state index in [4.69, 9.17) is 10.5 Å². The Kier molecular flexibility index (Phi) is 3.19. The summed E-state index contributed by atoms with van der Waals surface area (Å²) >= 11 is 0. The predicted octanol–water partition coefficient (Wildman–Crippen LogP) is 1.72. The lowest BCUT2D eigenvalue weighted by Crippen LogP contribution is -2.42. The zero-order chi connectivity index (χ0) is 13.4. The van der Waals surface area contributed by atoms with E-state index in [1.54, 1.807) is 0 Å². The van der Waals surface area contributed by atoms with Gasteiger partial charge in [0.2, 0.25) is 0 Å². The van der Waals surface area contributed by atoms with Crippen LogP contribution in [0.15, 0.2) is 18.2 Å². The number of anilines is 1. The van der Waals surface area contributed by atoms with Crippen molar-refractivity contribution < 1.29 is 9.53 Å². The van der Waals surface area contributed by atoms with Crippen LogP contribution in [-0.2, 0) is 22.5 Å². The van der Waals surface area contributed by atoms with Crippen molar-refractivity contribution in [2.45, 2.75) is 44.9 Å². The average molecular weight is 260 g/mol. The monoisotopic (exact) mass is 260 g/mol. The van der Waals surface area contributed by atoms with Crippen molar-refractivity contribution in [3.8, 4) is 0 Å². The number of amides is 1. The Balaban J connectivity index is 1.75. The van der Waals surface area contributed by atoms with Crippen LogP contribution in [0.4, 0.5) is 5.69 Å². The molecule has 2 N–H and O–H groups in total. The van der Waals surface area contributed by atoms with Crippen LogP contribution < -0.4 is 5.73 Å². The number of nitrogens with zero attached hydrogens (tertiary/aromatic N) is 1. The van der Waals surface area contributed by atoms with Gasteiger partial charge in [0.15, 0.2) is 0 Å². The lowest BCUT2D eigenvalue weighted by Gasteiger charge is -2.31. The first-order valence-corrected chi connectivity index (χ1v) is 6.95. The first kappa shape index (κ1) is 12.5. The third-order valence-corrected chi connectivity index (χ3v) is 4.13. The zero-order valence-corrected chi connectivity index (χ0v) is 11.3. The molecule has 2 aliphatic heterocycles. The fourth-order valence-corrected chi connectivity index (χ4v) is 2.98. The van der Waals surface area contributed by atoms with Gasteiger partial charge in [0.05, 0.1) is 6.10 Å². The fraction of sp³-hybridized carbons (Fsp3) is 0.533. The van der Waals surface area contributed by atoms with Crippen molar-refractivity contribution in [1.29, 1.82) is 0 Å². The first-order chi connectivity index (χ1) is 9.15. The highest BCUT2D eigenvalue weighted by atomic mass is 16.5. The summed E-state index contributed by atoms with van der Waals surface area (Å²) in [7, 11) is 0. The fourth-order valence-electron chi connectivity index (χ4n) is 2.98. The van der Waals surface area contributed by atoms with Crippen molar-refractivity contribution in [2.75, 3.05) is 12.3 Å². The van der Waals surface area contributed by atoms with E-state index in [1.165, 1.54) is 5.56 Å². The van der Waals surface area contributed by atoms with E-state index in [0.717, 1.165) is 37.1 Å². The quantitative estimate of drug-likeness (QED) is 0.782. The van der Waals surface area contributed by atoms with Crippen LogP contribution in [0.5, 0.6) is 0 Å². The summed E-state index contributed by atoms with van der Waals surface area (Å²) in [6.45, 7) is 3.41. The van der Waals surface area contributed by atoms with Crippen LogP contribution in [-0.4, -0.2) is 29.6 Å². The van der Waals surface area contributed by atoms with Crippen LogP contribution >= 0.6 is 0 Å². The molecule has 19 heavy (non-hydrogen) atoms. The van der Waals surface area contributed by atoms with Gasteiger partial charge in [-0.05, 0) is 43.4 Å². The molecule has 0 aromatic heterocycles. The highest BCUT2D eigenvalue weighted by Gasteiger charge is 2.33. The van der Waals surface area contributed by atoms with Gasteiger partial charge >= 0.3 is 0 Å². The molecule has 102 valence electrons. The summed E-state index contributed by atoms with van der Waals surface area (Å²) in [4.78, 5) is 14.3. The number of nitrogen functional groups attached to an aromatic ring is 1. The van der Waals surface area contributed by atoms with Crippen molar-refractivity contribution in [1.82, 2.24) is 4.90 Å². The molecule has 2 atom stereocenters. The van der Waals surface area contributed by atoms with Gasteiger partial charge in [-0.2, -0.15) is 0 Å². The molecule has 1 saturated heterocycles. The van der Waals surface area contributed by atoms with Crippen LogP contribution in [0, 0.1) is 0 Å². The van der Waals surface area contributed by atoms with Crippen LogP contribution in [0.1, 0.15) is 30.9 Å². The molecule has 4 heteroatoms. The molecule has 0 bridgehead atoms. The Bertz CT molecular complexity index is 501. The smallest absolute Gasteiger partial charge is 0.252 e. The number of hydrogen-bond donors (Lipinski definition) is 1. The Hall–Kier alpha value is -1.55. The molecule has 1 fully saturated rings. The molecule has 0 spiro atoms. The van der Waals surface area contributed by atoms with Crippen LogP contribution in [0.2, 0.25) is 0 Å². The average Bonchev–Trinajstić information content (AvgIpc) is 2.85. The molecule has 2 aliphatic rings. The molecule has 1 aromatic rings. The van der Waals surface area contributed by atoms with Gasteiger partial charge in [-0.25, -0.2) is 0 Å². The molecule has 1 amide bonds. The molecule has 1 aromatic carbocycles. The third-order valence-electron chi connectivity index (χ3n) is 4.13.